The van der Waals surface area contributed by atoms with Crippen LogP contribution in [0.4, 0.5) is 5.13 Å². The monoisotopic (exact) mass is 425 g/mol. The Morgan fingerprint density at radius 1 is 1.12 bits per heavy atom. The van der Waals surface area contributed by atoms with Crippen LogP contribution in [0.2, 0.25) is 9.36 Å². The van der Waals surface area contributed by atoms with Crippen LogP contribution in [0.3, 0.4) is 0 Å². The summed E-state index contributed by atoms with van der Waals surface area (Å²) in [6.07, 6.45) is 0.135. The highest BCUT2D eigenvalue weighted by Gasteiger charge is 2.12. The van der Waals surface area contributed by atoms with Crippen molar-refractivity contribution in [2.75, 3.05) is 11.9 Å². The van der Waals surface area contributed by atoms with Crippen LogP contribution in [0.15, 0.2) is 41.8 Å². The normalized spacial score (nSPS) is 10.5. The van der Waals surface area contributed by atoms with E-state index in [9.17, 15) is 9.59 Å². The van der Waals surface area contributed by atoms with Gasteiger partial charge in [0.05, 0.1) is 25.5 Å². The maximum Gasteiger partial charge on any atom is 0.252 e. The molecule has 2 aromatic heterocycles. The topological polar surface area (TPSA) is 71.1 Å². The SMILES string of the molecule is O=C(CCNC(=O)c1ccccc1Cl)Nc1nc(-c2ccc(Cl)s2)cs1. The van der Waals surface area contributed by atoms with E-state index in [2.05, 4.69) is 15.6 Å². The predicted molar refractivity (Wildman–Crippen MR) is 107 cm³/mol. The smallest absolute Gasteiger partial charge is 0.252 e. The molecule has 0 radical (unpaired) electrons. The number of nitrogens with zero attached hydrogens (tertiary/aromatic N) is 1. The Labute approximate surface area is 168 Å². The third-order valence-corrected chi connectivity index (χ3v) is 5.67. The number of carbonyl (C=O) groups excluding carboxylic acids is 2. The number of thiophene rings is 1. The van der Waals surface area contributed by atoms with E-state index in [0.717, 1.165) is 10.6 Å². The summed E-state index contributed by atoms with van der Waals surface area (Å²) in [5.41, 5.74) is 1.16. The van der Waals surface area contributed by atoms with E-state index >= 15 is 0 Å². The average molecular weight is 426 g/mol. The fourth-order valence-corrected chi connectivity index (χ4v) is 4.13. The molecule has 5 nitrogen and oxygen atoms in total. The quantitative estimate of drug-likeness (QED) is 0.587. The Hall–Kier alpha value is -1.93. The first-order valence-electron chi connectivity index (χ1n) is 7.57. The zero-order valence-electron chi connectivity index (χ0n) is 13.3. The highest BCUT2D eigenvalue weighted by atomic mass is 35.5. The molecule has 2 amide bonds. The van der Waals surface area contributed by atoms with Crippen molar-refractivity contribution in [2.24, 2.45) is 0 Å². The molecule has 0 fully saturated rings. The van der Waals surface area contributed by atoms with Crippen molar-refractivity contribution in [3.05, 3.63) is 56.7 Å². The van der Waals surface area contributed by atoms with E-state index in [0.29, 0.717) is 20.1 Å². The number of anilines is 1. The van der Waals surface area contributed by atoms with Crippen LogP contribution in [0.5, 0.6) is 0 Å². The van der Waals surface area contributed by atoms with E-state index in [4.69, 9.17) is 23.2 Å². The van der Waals surface area contributed by atoms with Gasteiger partial charge in [0.15, 0.2) is 5.13 Å². The van der Waals surface area contributed by atoms with Gasteiger partial charge in [-0.2, -0.15) is 0 Å². The minimum Gasteiger partial charge on any atom is -0.351 e. The maximum absolute atomic E-state index is 12.0. The first-order chi connectivity index (χ1) is 12.5. The minimum absolute atomic E-state index is 0.135. The number of nitrogens with one attached hydrogen (secondary N) is 2. The molecule has 1 aromatic carbocycles. The third-order valence-electron chi connectivity index (χ3n) is 3.33. The molecular weight excluding hydrogens is 413 g/mol. The van der Waals surface area contributed by atoms with Crippen LogP contribution < -0.4 is 10.6 Å². The van der Waals surface area contributed by atoms with Gasteiger partial charge in [0.25, 0.3) is 5.91 Å². The molecule has 3 aromatic rings. The molecule has 0 aliphatic rings. The van der Waals surface area contributed by atoms with E-state index in [1.54, 1.807) is 30.3 Å². The number of hydrogen-bond acceptors (Lipinski definition) is 5. The number of halogens is 2. The van der Waals surface area contributed by atoms with Crippen LogP contribution in [-0.4, -0.2) is 23.3 Å². The van der Waals surface area contributed by atoms with Gasteiger partial charge in [0.1, 0.15) is 0 Å². The molecular formula is C17H13Cl2N3O2S2. The summed E-state index contributed by atoms with van der Waals surface area (Å²) in [6.45, 7) is 0.203. The molecule has 0 aliphatic carbocycles. The van der Waals surface area contributed by atoms with Crippen LogP contribution in [0, 0.1) is 0 Å². The van der Waals surface area contributed by atoms with Crippen molar-refractivity contribution in [3.63, 3.8) is 0 Å². The summed E-state index contributed by atoms with van der Waals surface area (Å²) in [4.78, 5) is 29.3. The highest BCUT2D eigenvalue weighted by Crippen LogP contribution is 2.32. The Kier molecular flexibility index (Phi) is 6.26. The van der Waals surface area contributed by atoms with Crippen molar-refractivity contribution in [1.82, 2.24) is 10.3 Å². The fourth-order valence-electron chi connectivity index (χ4n) is 2.11. The van der Waals surface area contributed by atoms with E-state index in [1.165, 1.54) is 22.7 Å². The lowest BCUT2D eigenvalue weighted by molar-refractivity contribution is -0.116. The summed E-state index contributed by atoms with van der Waals surface area (Å²) >= 11 is 14.7. The van der Waals surface area contributed by atoms with Gasteiger partial charge >= 0.3 is 0 Å². The Morgan fingerprint density at radius 3 is 2.65 bits per heavy atom. The number of amides is 2. The molecule has 0 spiro atoms. The van der Waals surface area contributed by atoms with Gasteiger partial charge in [0, 0.05) is 18.3 Å². The van der Waals surface area contributed by atoms with E-state index < -0.39 is 0 Å². The van der Waals surface area contributed by atoms with Crippen LogP contribution >= 0.6 is 45.9 Å². The fraction of sp³-hybridized carbons (Fsp3) is 0.118. The molecule has 3 rings (SSSR count). The summed E-state index contributed by atoms with van der Waals surface area (Å²) in [6, 6.07) is 10.4. The maximum atomic E-state index is 12.0. The molecule has 0 bridgehead atoms. The Morgan fingerprint density at radius 2 is 1.92 bits per heavy atom. The van der Waals surface area contributed by atoms with Crippen molar-refractivity contribution >= 4 is 62.8 Å². The van der Waals surface area contributed by atoms with Crippen LogP contribution in [-0.2, 0) is 4.79 Å². The molecule has 2 N–H and O–H groups in total. The summed E-state index contributed by atoms with van der Waals surface area (Å²) in [7, 11) is 0. The van der Waals surface area contributed by atoms with Gasteiger partial charge in [0.2, 0.25) is 5.91 Å². The van der Waals surface area contributed by atoms with Crippen LogP contribution in [0.1, 0.15) is 16.8 Å². The van der Waals surface area contributed by atoms with Crippen molar-refractivity contribution in [2.45, 2.75) is 6.42 Å². The second-order valence-corrected chi connectivity index (χ2v) is 8.16. The second-order valence-electron chi connectivity index (χ2n) is 5.18. The van der Waals surface area contributed by atoms with Gasteiger partial charge in [-0.3, -0.25) is 9.59 Å². The summed E-state index contributed by atoms with van der Waals surface area (Å²) < 4.78 is 0.688. The van der Waals surface area contributed by atoms with Crippen LogP contribution in [0.25, 0.3) is 10.6 Å². The number of thiazole rings is 1. The van der Waals surface area contributed by atoms with E-state index in [-0.39, 0.29) is 24.8 Å². The first-order valence-corrected chi connectivity index (χ1v) is 10.0. The largest absolute Gasteiger partial charge is 0.351 e. The number of rotatable bonds is 6. The molecule has 26 heavy (non-hydrogen) atoms. The molecule has 0 saturated heterocycles. The lowest BCUT2D eigenvalue weighted by Gasteiger charge is -2.06. The summed E-state index contributed by atoms with van der Waals surface area (Å²) in [5, 5.41) is 8.14. The van der Waals surface area contributed by atoms with Crippen molar-refractivity contribution in [1.29, 1.82) is 0 Å². The number of aromatic nitrogens is 1. The van der Waals surface area contributed by atoms with Crippen molar-refractivity contribution < 1.29 is 9.59 Å². The average Bonchev–Trinajstić information content (AvgIpc) is 3.24. The lowest BCUT2D eigenvalue weighted by Crippen LogP contribution is -2.27. The molecule has 134 valence electrons. The second kappa shape index (κ2) is 8.64. The molecule has 0 atom stereocenters. The number of benzene rings is 1. The van der Waals surface area contributed by atoms with Gasteiger partial charge in [-0.05, 0) is 24.3 Å². The Bertz CT molecular complexity index is 939. The predicted octanol–water partition coefficient (Wildman–Crippen LogP) is 4.94. The molecule has 0 saturated carbocycles. The zero-order chi connectivity index (χ0) is 18.5. The van der Waals surface area contributed by atoms with Gasteiger partial charge in [-0.25, -0.2) is 4.98 Å². The van der Waals surface area contributed by atoms with E-state index in [1.807, 2.05) is 11.4 Å². The third kappa shape index (κ3) is 4.82. The lowest BCUT2D eigenvalue weighted by atomic mass is 10.2. The molecule has 2 heterocycles. The minimum atomic E-state index is -0.311. The van der Waals surface area contributed by atoms with Crippen molar-refractivity contribution in [3.8, 4) is 10.6 Å². The molecule has 0 aliphatic heterocycles. The van der Waals surface area contributed by atoms with Gasteiger partial charge in [-0.1, -0.05) is 35.3 Å². The zero-order valence-corrected chi connectivity index (χ0v) is 16.4. The highest BCUT2D eigenvalue weighted by molar-refractivity contribution is 7.20. The van der Waals surface area contributed by atoms with Gasteiger partial charge < -0.3 is 10.6 Å². The Balaban J connectivity index is 1.48. The standard InChI is InChI=1S/C17H13Cl2N3O2S2/c18-11-4-2-1-3-10(11)16(24)20-8-7-15(23)22-17-21-12(9-25-17)13-5-6-14(19)26-13/h1-6,9H,7-8H2,(H,20,24)(H,21,22,23). The number of carbonyl (C=O) groups is 2. The number of hydrogen-bond donors (Lipinski definition) is 2. The summed E-state index contributed by atoms with van der Waals surface area (Å²) in [5.74, 6) is -0.538. The first kappa shape index (κ1) is 18.8. The van der Waals surface area contributed by atoms with Gasteiger partial charge in [-0.15, -0.1) is 22.7 Å². The molecule has 0 unspecified atom stereocenters. The molecule has 9 heteroatoms.